The number of benzene rings is 1. The number of nitrogen functional groups attached to an aromatic ring is 1. The summed E-state index contributed by atoms with van der Waals surface area (Å²) in [4.78, 5) is 11.7. The molecule has 2 aromatic rings. The van der Waals surface area contributed by atoms with Crippen LogP contribution in [0.25, 0.3) is 0 Å². The molecule has 5 nitrogen and oxygen atoms in total. The molecule has 0 amide bonds. The maximum Gasteiger partial charge on any atom is 0.338 e. The van der Waals surface area contributed by atoms with Crippen LogP contribution >= 0.6 is 0 Å². The van der Waals surface area contributed by atoms with E-state index >= 15 is 0 Å². The van der Waals surface area contributed by atoms with Crippen LogP contribution in [0.5, 0.6) is 0 Å². The molecule has 0 radical (unpaired) electrons. The summed E-state index contributed by atoms with van der Waals surface area (Å²) in [7, 11) is 0. The van der Waals surface area contributed by atoms with Crippen molar-refractivity contribution >= 4 is 17.3 Å². The maximum atomic E-state index is 11.7. The van der Waals surface area contributed by atoms with Crippen molar-refractivity contribution in [2.24, 2.45) is 0 Å². The van der Waals surface area contributed by atoms with Gasteiger partial charge in [-0.2, -0.15) is 0 Å². The van der Waals surface area contributed by atoms with Crippen LogP contribution in [0.4, 0.5) is 11.4 Å². The number of rotatable bonds is 6. The van der Waals surface area contributed by atoms with Crippen molar-refractivity contribution in [3.05, 3.63) is 47.9 Å². The average Bonchev–Trinajstić information content (AvgIpc) is 2.94. The number of nitrogens with one attached hydrogen (secondary N) is 1. The van der Waals surface area contributed by atoms with Crippen LogP contribution in [0.1, 0.15) is 30.0 Å². The first-order valence-electron chi connectivity index (χ1n) is 6.95. The van der Waals surface area contributed by atoms with Gasteiger partial charge in [0.25, 0.3) is 0 Å². The minimum Gasteiger partial charge on any atom is -0.469 e. The lowest BCUT2D eigenvalue weighted by atomic mass is 10.1. The van der Waals surface area contributed by atoms with Crippen LogP contribution in [0.3, 0.4) is 0 Å². The highest BCUT2D eigenvalue weighted by Gasteiger charge is 2.12. The highest BCUT2D eigenvalue weighted by Crippen LogP contribution is 2.22. The number of ether oxygens (including phenoxy) is 1. The summed E-state index contributed by atoms with van der Waals surface area (Å²) in [6.07, 6.45) is 2.38. The fourth-order valence-electron chi connectivity index (χ4n) is 2.07. The molecule has 0 spiro atoms. The zero-order chi connectivity index (χ0) is 15.2. The first-order valence-corrected chi connectivity index (χ1v) is 6.95. The Morgan fingerprint density at radius 3 is 2.90 bits per heavy atom. The number of hydrogen-bond donors (Lipinski definition) is 2. The van der Waals surface area contributed by atoms with Crippen molar-refractivity contribution in [3.63, 3.8) is 0 Å². The predicted molar refractivity (Wildman–Crippen MR) is 82.3 cm³/mol. The third-order valence-electron chi connectivity index (χ3n) is 3.05. The maximum absolute atomic E-state index is 11.7. The Morgan fingerprint density at radius 2 is 2.24 bits per heavy atom. The lowest BCUT2D eigenvalue weighted by Gasteiger charge is -2.16. The minimum atomic E-state index is -0.348. The van der Waals surface area contributed by atoms with E-state index in [4.69, 9.17) is 14.9 Å². The third kappa shape index (κ3) is 4.02. The number of hydrogen-bond acceptors (Lipinski definition) is 5. The van der Waals surface area contributed by atoms with Crippen molar-refractivity contribution in [3.8, 4) is 0 Å². The van der Waals surface area contributed by atoms with Gasteiger partial charge in [0.2, 0.25) is 0 Å². The largest absolute Gasteiger partial charge is 0.469 e. The lowest BCUT2D eigenvalue weighted by molar-refractivity contribution is 0.0526. The Kier molecular flexibility index (Phi) is 4.87. The molecule has 5 heteroatoms. The van der Waals surface area contributed by atoms with E-state index in [9.17, 15) is 4.79 Å². The van der Waals surface area contributed by atoms with Crippen molar-refractivity contribution in [2.75, 3.05) is 17.7 Å². The minimum absolute atomic E-state index is 0.121. The van der Waals surface area contributed by atoms with Gasteiger partial charge in [-0.3, -0.25) is 0 Å². The van der Waals surface area contributed by atoms with E-state index < -0.39 is 0 Å². The zero-order valence-corrected chi connectivity index (χ0v) is 12.3. The van der Waals surface area contributed by atoms with Gasteiger partial charge in [0.15, 0.2) is 0 Å². The van der Waals surface area contributed by atoms with Crippen molar-refractivity contribution in [1.82, 2.24) is 0 Å². The number of furan rings is 1. The summed E-state index contributed by atoms with van der Waals surface area (Å²) in [5, 5.41) is 3.29. The molecule has 0 fully saturated rings. The summed E-state index contributed by atoms with van der Waals surface area (Å²) >= 11 is 0. The van der Waals surface area contributed by atoms with Crippen LogP contribution in [0, 0.1) is 0 Å². The van der Waals surface area contributed by atoms with E-state index in [1.807, 2.05) is 19.1 Å². The summed E-state index contributed by atoms with van der Waals surface area (Å²) in [6, 6.07) is 8.99. The Hall–Kier alpha value is -2.43. The summed E-state index contributed by atoms with van der Waals surface area (Å²) in [5.74, 6) is 0.550. The van der Waals surface area contributed by atoms with Gasteiger partial charge >= 0.3 is 5.97 Å². The van der Waals surface area contributed by atoms with Gasteiger partial charge in [0.05, 0.1) is 29.8 Å². The van der Waals surface area contributed by atoms with Gasteiger partial charge < -0.3 is 20.2 Å². The lowest BCUT2D eigenvalue weighted by Crippen LogP contribution is -2.19. The topological polar surface area (TPSA) is 77.5 Å². The van der Waals surface area contributed by atoms with Crippen molar-refractivity contribution in [1.29, 1.82) is 0 Å². The normalized spacial score (nSPS) is 11.9. The van der Waals surface area contributed by atoms with Gasteiger partial charge in [-0.15, -0.1) is 0 Å². The fourth-order valence-corrected chi connectivity index (χ4v) is 2.07. The number of esters is 1. The molecule has 3 N–H and O–H groups in total. The predicted octanol–water partition coefficient (Wildman–Crippen LogP) is 3.08. The van der Waals surface area contributed by atoms with Gasteiger partial charge in [-0.05, 0) is 44.2 Å². The van der Waals surface area contributed by atoms with Crippen LogP contribution < -0.4 is 11.1 Å². The molecule has 21 heavy (non-hydrogen) atoms. The molecule has 112 valence electrons. The summed E-state index contributed by atoms with van der Waals surface area (Å²) in [6.45, 7) is 4.15. The second-order valence-electron chi connectivity index (χ2n) is 4.85. The molecule has 0 aliphatic heterocycles. The van der Waals surface area contributed by atoms with Gasteiger partial charge in [-0.1, -0.05) is 0 Å². The van der Waals surface area contributed by atoms with Crippen LogP contribution in [-0.4, -0.2) is 18.6 Å². The third-order valence-corrected chi connectivity index (χ3v) is 3.05. The van der Waals surface area contributed by atoms with E-state index in [1.54, 1.807) is 31.4 Å². The van der Waals surface area contributed by atoms with E-state index in [-0.39, 0.29) is 12.0 Å². The Balaban J connectivity index is 2.07. The molecule has 0 aliphatic carbocycles. The van der Waals surface area contributed by atoms with E-state index in [2.05, 4.69) is 5.32 Å². The average molecular weight is 288 g/mol. The summed E-state index contributed by atoms with van der Waals surface area (Å²) in [5.41, 5.74) is 7.75. The first-order chi connectivity index (χ1) is 10.1. The second kappa shape index (κ2) is 6.83. The molecule has 0 bridgehead atoms. The Morgan fingerprint density at radius 1 is 1.43 bits per heavy atom. The van der Waals surface area contributed by atoms with Crippen LogP contribution in [0.2, 0.25) is 0 Å². The van der Waals surface area contributed by atoms with Gasteiger partial charge in [0.1, 0.15) is 5.76 Å². The number of carbonyl (C=O) groups excluding carboxylic acids is 1. The second-order valence-corrected chi connectivity index (χ2v) is 4.85. The van der Waals surface area contributed by atoms with Crippen molar-refractivity contribution in [2.45, 2.75) is 26.3 Å². The first kappa shape index (κ1) is 15.0. The molecule has 1 aromatic heterocycles. The van der Waals surface area contributed by atoms with E-state index in [0.717, 1.165) is 17.9 Å². The molecular formula is C16H20N2O3. The quantitative estimate of drug-likeness (QED) is 0.631. The number of anilines is 2. The van der Waals surface area contributed by atoms with E-state index in [0.29, 0.717) is 17.9 Å². The fraction of sp³-hybridized carbons (Fsp3) is 0.312. The Bertz CT molecular complexity index is 594. The molecule has 0 aliphatic rings. The van der Waals surface area contributed by atoms with Gasteiger partial charge in [-0.25, -0.2) is 4.79 Å². The van der Waals surface area contributed by atoms with Crippen LogP contribution in [0.15, 0.2) is 41.0 Å². The van der Waals surface area contributed by atoms with Crippen LogP contribution in [-0.2, 0) is 11.2 Å². The van der Waals surface area contributed by atoms with E-state index in [1.165, 1.54) is 0 Å². The molecule has 2 rings (SSSR count). The molecule has 1 heterocycles. The smallest absolute Gasteiger partial charge is 0.338 e. The molecule has 1 aromatic carbocycles. The summed E-state index contributed by atoms with van der Waals surface area (Å²) < 4.78 is 10.3. The highest BCUT2D eigenvalue weighted by atomic mass is 16.5. The van der Waals surface area contributed by atoms with Crippen molar-refractivity contribution < 1.29 is 13.9 Å². The molecule has 1 unspecified atom stereocenters. The molecule has 0 saturated heterocycles. The molecule has 1 atom stereocenters. The Labute approximate surface area is 124 Å². The monoisotopic (exact) mass is 288 g/mol. The zero-order valence-electron chi connectivity index (χ0n) is 12.3. The SMILES string of the molecule is CCOC(=O)c1ccc(N)c(NC(C)Cc2ccco2)c1. The number of carbonyl (C=O) groups is 1. The molecule has 0 saturated carbocycles. The molecular weight excluding hydrogens is 268 g/mol. The van der Waals surface area contributed by atoms with Gasteiger partial charge in [0, 0.05) is 12.5 Å². The highest BCUT2D eigenvalue weighted by molar-refractivity contribution is 5.92. The number of nitrogens with two attached hydrogens (primary N) is 1. The standard InChI is InChI=1S/C16H20N2O3/c1-3-20-16(19)12-6-7-14(17)15(10-12)18-11(2)9-13-5-4-8-21-13/h4-8,10-11,18H,3,9,17H2,1-2H3.